The van der Waals surface area contributed by atoms with Crippen molar-refractivity contribution < 1.29 is 19.0 Å². The Balaban J connectivity index is 2.39. The van der Waals surface area contributed by atoms with E-state index in [9.17, 15) is 14.3 Å². The Bertz CT molecular complexity index is 735. The molecule has 5 heteroatoms. The molecule has 4 nitrogen and oxygen atoms in total. The van der Waals surface area contributed by atoms with Crippen LogP contribution in [0.25, 0.3) is 11.1 Å². The molecule has 2 aromatic rings. The fourth-order valence-electron chi connectivity index (χ4n) is 1.87. The summed E-state index contributed by atoms with van der Waals surface area (Å²) in [6, 6.07) is 10.3. The predicted molar refractivity (Wildman–Crippen MR) is 74.2 cm³/mol. The number of esters is 1. The van der Waals surface area contributed by atoms with Gasteiger partial charge in [-0.2, -0.15) is 5.26 Å². The fraction of sp³-hybridized carbons (Fsp3) is 0.125. The Morgan fingerprint density at radius 3 is 2.52 bits per heavy atom. The van der Waals surface area contributed by atoms with Crippen molar-refractivity contribution in [2.45, 2.75) is 6.92 Å². The number of phenols is 1. The highest BCUT2D eigenvalue weighted by molar-refractivity contribution is 5.90. The second-order valence-electron chi connectivity index (χ2n) is 4.26. The van der Waals surface area contributed by atoms with Crippen LogP contribution in [0, 0.1) is 17.1 Å². The molecule has 0 bridgehead atoms. The van der Waals surface area contributed by atoms with Gasteiger partial charge in [-0.15, -0.1) is 0 Å². The molecule has 0 aromatic heterocycles. The normalized spacial score (nSPS) is 9.95. The van der Waals surface area contributed by atoms with Gasteiger partial charge in [0.15, 0.2) is 0 Å². The molecule has 106 valence electrons. The van der Waals surface area contributed by atoms with E-state index in [0.717, 1.165) is 0 Å². The third-order valence-corrected chi connectivity index (χ3v) is 2.92. The van der Waals surface area contributed by atoms with E-state index in [1.54, 1.807) is 19.1 Å². The number of hydrogen-bond acceptors (Lipinski definition) is 4. The van der Waals surface area contributed by atoms with Crippen LogP contribution in [0.2, 0.25) is 0 Å². The summed E-state index contributed by atoms with van der Waals surface area (Å²) in [5.41, 5.74) is 1.03. The maximum absolute atomic E-state index is 13.9. The lowest BCUT2D eigenvalue weighted by atomic mass is 10.0. The maximum atomic E-state index is 13.9. The number of phenolic OH excluding ortho intramolecular Hbond substituents is 1. The SMILES string of the molecule is CCOC(=O)c1ccc(-c2ccc(C#N)c(O)c2)cc1F. The van der Waals surface area contributed by atoms with Gasteiger partial charge in [0.25, 0.3) is 0 Å². The number of hydrogen-bond donors (Lipinski definition) is 1. The summed E-state index contributed by atoms with van der Waals surface area (Å²) in [5, 5.41) is 18.4. The van der Waals surface area contributed by atoms with E-state index in [1.807, 2.05) is 6.07 Å². The Kier molecular flexibility index (Phi) is 4.19. The smallest absolute Gasteiger partial charge is 0.341 e. The molecular weight excluding hydrogens is 273 g/mol. The van der Waals surface area contributed by atoms with Crippen LogP contribution in [0.5, 0.6) is 5.75 Å². The van der Waals surface area contributed by atoms with Gasteiger partial charge in [0.2, 0.25) is 0 Å². The van der Waals surface area contributed by atoms with E-state index in [1.165, 1.54) is 24.3 Å². The third-order valence-electron chi connectivity index (χ3n) is 2.92. The standard InChI is InChI=1S/C16H12FNO3/c1-2-21-16(20)13-6-5-10(7-14(13)17)11-3-4-12(9-18)15(19)8-11/h3-8,19H,2H2,1H3. The molecule has 1 N–H and O–H groups in total. The van der Waals surface area contributed by atoms with E-state index in [2.05, 4.69) is 0 Å². The number of aromatic hydroxyl groups is 1. The minimum atomic E-state index is -0.718. The molecule has 2 aromatic carbocycles. The van der Waals surface area contributed by atoms with E-state index >= 15 is 0 Å². The Morgan fingerprint density at radius 1 is 1.29 bits per heavy atom. The molecule has 0 saturated heterocycles. The Hall–Kier alpha value is -2.87. The quantitative estimate of drug-likeness (QED) is 0.879. The van der Waals surface area contributed by atoms with Crippen LogP contribution in [0.4, 0.5) is 4.39 Å². The van der Waals surface area contributed by atoms with Gasteiger partial charge >= 0.3 is 5.97 Å². The van der Waals surface area contributed by atoms with Crippen molar-refractivity contribution >= 4 is 5.97 Å². The zero-order chi connectivity index (χ0) is 15.4. The fourth-order valence-corrected chi connectivity index (χ4v) is 1.87. The summed E-state index contributed by atoms with van der Waals surface area (Å²) in [6.45, 7) is 1.81. The van der Waals surface area contributed by atoms with Crippen LogP contribution in [-0.4, -0.2) is 17.7 Å². The Labute approximate surface area is 121 Å². The lowest BCUT2D eigenvalue weighted by Gasteiger charge is -2.07. The van der Waals surface area contributed by atoms with Crippen molar-refractivity contribution in [3.63, 3.8) is 0 Å². The van der Waals surface area contributed by atoms with Crippen molar-refractivity contribution in [1.82, 2.24) is 0 Å². The number of carbonyl (C=O) groups excluding carboxylic acids is 1. The molecule has 21 heavy (non-hydrogen) atoms. The summed E-state index contributed by atoms with van der Waals surface area (Å²) in [6.07, 6.45) is 0. The number of ether oxygens (including phenoxy) is 1. The van der Waals surface area contributed by atoms with Crippen LogP contribution < -0.4 is 0 Å². The lowest BCUT2D eigenvalue weighted by Crippen LogP contribution is -2.07. The van der Waals surface area contributed by atoms with Gasteiger partial charge in [0.1, 0.15) is 17.6 Å². The maximum Gasteiger partial charge on any atom is 0.341 e. The number of carbonyl (C=O) groups is 1. The lowest BCUT2D eigenvalue weighted by molar-refractivity contribution is 0.0521. The molecule has 0 amide bonds. The average Bonchev–Trinajstić information content (AvgIpc) is 2.47. The zero-order valence-electron chi connectivity index (χ0n) is 11.3. The van der Waals surface area contributed by atoms with Crippen LogP contribution in [-0.2, 0) is 4.74 Å². The summed E-state index contributed by atoms with van der Waals surface area (Å²) in [5.74, 6) is -1.59. The molecule has 0 atom stereocenters. The Morgan fingerprint density at radius 2 is 1.95 bits per heavy atom. The number of nitriles is 1. The van der Waals surface area contributed by atoms with Gasteiger partial charge in [-0.05, 0) is 42.3 Å². The molecule has 0 aliphatic rings. The average molecular weight is 285 g/mol. The first kappa shape index (κ1) is 14.5. The number of benzene rings is 2. The van der Waals surface area contributed by atoms with Crippen LogP contribution in [0.3, 0.4) is 0 Å². The number of rotatable bonds is 3. The third kappa shape index (κ3) is 3.00. The largest absolute Gasteiger partial charge is 0.507 e. The van der Waals surface area contributed by atoms with Crippen molar-refractivity contribution in [1.29, 1.82) is 5.26 Å². The second kappa shape index (κ2) is 6.06. The minimum absolute atomic E-state index is 0.140. The van der Waals surface area contributed by atoms with E-state index < -0.39 is 11.8 Å². The van der Waals surface area contributed by atoms with Gasteiger partial charge < -0.3 is 9.84 Å². The van der Waals surface area contributed by atoms with Gasteiger partial charge in [-0.1, -0.05) is 12.1 Å². The van der Waals surface area contributed by atoms with Crippen LogP contribution >= 0.6 is 0 Å². The summed E-state index contributed by atoms with van der Waals surface area (Å²) >= 11 is 0. The predicted octanol–water partition coefficient (Wildman–Crippen LogP) is 3.25. The van der Waals surface area contributed by atoms with Crippen molar-refractivity contribution in [2.75, 3.05) is 6.61 Å². The molecule has 0 unspecified atom stereocenters. The zero-order valence-corrected chi connectivity index (χ0v) is 11.3. The molecule has 0 aliphatic heterocycles. The van der Waals surface area contributed by atoms with Crippen LogP contribution in [0.1, 0.15) is 22.8 Å². The monoisotopic (exact) mass is 285 g/mol. The van der Waals surface area contributed by atoms with Gasteiger partial charge in [0, 0.05) is 0 Å². The first-order valence-electron chi connectivity index (χ1n) is 6.27. The molecule has 0 fully saturated rings. The van der Waals surface area contributed by atoms with Crippen molar-refractivity contribution in [3.8, 4) is 22.9 Å². The highest BCUT2D eigenvalue weighted by atomic mass is 19.1. The van der Waals surface area contributed by atoms with E-state index in [0.29, 0.717) is 11.1 Å². The molecule has 2 rings (SSSR count). The molecule has 0 radical (unpaired) electrons. The van der Waals surface area contributed by atoms with Gasteiger partial charge in [-0.25, -0.2) is 9.18 Å². The first-order valence-corrected chi connectivity index (χ1v) is 6.27. The number of nitrogens with zero attached hydrogens (tertiary/aromatic N) is 1. The highest BCUT2D eigenvalue weighted by Gasteiger charge is 2.14. The molecule has 0 saturated carbocycles. The van der Waals surface area contributed by atoms with Crippen LogP contribution in [0.15, 0.2) is 36.4 Å². The molecule has 0 spiro atoms. The molecule has 0 heterocycles. The van der Waals surface area contributed by atoms with E-state index in [4.69, 9.17) is 10.00 Å². The summed E-state index contributed by atoms with van der Waals surface area (Å²) in [7, 11) is 0. The first-order chi connectivity index (χ1) is 10.1. The summed E-state index contributed by atoms with van der Waals surface area (Å²) in [4.78, 5) is 11.5. The minimum Gasteiger partial charge on any atom is -0.507 e. The number of halogens is 1. The van der Waals surface area contributed by atoms with Crippen molar-refractivity contribution in [2.24, 2.45) is 0 Å². The van der Waals surface area contributed by atoms with Gasteiger partial charge in [0.05, 0.1) is 17.7 Å². The summed E-state index contributed by atoms with van der Waals surface area (Å²) < 4.78 is 18.7. The van der Waals surface area contributed by atoms with Gasteiger partial charge in [-0.3, -0.25) is 0 Å². The second-order valence-corrected chi connectivity index (χ2v) is 4.26. The molecular formula is C16H12FNO3. The topological polar surface area (TPSA) is 70.3 Å². The highest BCUT2D eigenvalue weighted by Crippen LogP contribution is 2.27. The molecule has 0 aliphatic carbocycles. The van der Waals surface area contributed by atoms with Crippen molar-refractivity contribution in [3.05, 3.63) is 53.3 Å². The van der Waals surface area contributed by atoms with E-state index in [-0.39, 0.29) is 23.5 Å².